The predicted octanol–water partition coefficient (Wildman–Crippen LogP) is 0.658. The van der Waals surface area contributed by atoms with Crippen LogP contribution in [0.1, 0.15) is 6.42 Å². The summed E-state index contributed by atoms with van der Waals surface area (Å²) in [6.07, 6.45) is 0.0266. The van der Waals surface area contributed by atoms with Crippen LogP contribution in [0.4, 0.5) is 8.78 Å². The first-order valence-corrected chi connectivity index (χ1v) is 3.72. The Morgan fingerprint density at radius 3 is 2.67 bits per heavy atom. The van der Waals surface area contributed by atoms with Gasteiger partial charge in [-0.15, -0.1) is 0 Å². The van der Waals surface area contributed by atoms with Crippen LogP contribution in [0.2, 0.25) is 0 Å². The maximum Gasteiger partial charge on any atom is 0.312 e. The number of carboxylic acids is 1. The molecule has 0 bridgehead atoms. The first-order chi connectivity index (χ1) is 5.43. The molecule has 1 saturated heterocycles. The van der Waals surface area contributed by atoms with Gasteiger partial charge in [0.2, 0.25) is 0 Å². The zero-order valence-electron chi connectivity index (χ0n) is 6.76. The molecular formula is C7H11F2NO2. The van der Waals surface area contributed by atoms with Crippen molar-refractivity contribution < 1.29 is 18.7 Å². The van der Waals surface area contributed by atoms with Crippen molar-refractivity contribution in [2.45, 2.75) is 12.3 Å². The lowest BCUT2D eigenvalue weighted by Gasteiger charge is -2.33. The van der Waals surface area contributed by atoms with Gasteiger partial charge in [-0.3, -0.25) is 4.79 Å². The fourth-order valence-electron chi connectivity index (χ4n) is 1.41. The highest BCUT2D eigenvalue weighted by Gasteiger charge is 2.47. The van der Waals surface area contributed by atoms with Crippen LogP contribution >= 0.6 is 0 Å². The van der Waals surface area contributed by atoms with Gasteiger partial charge in [-0.05, 0) is 20.0 Å². The molecule has 70 valence electrons. The van der Waals surface area contributed by atoms with Gasteiger partial charge in [0.05, 0.1) is 6.54 Å². The molecular weight excluding hydrogens is 168 g/mol. The SMILES string of the molecule is CN1CC[C@H](C(=O)O)C(F)(F)C1. The van der Waals surface area contributed by atoms with E-state index in [2.05, 4.69) is 0 Å². The Hall–Kier alpha value is -0.710. The second-order valence-electron chi connectivity index (χ2n) is 3.18. The summed E-state index contributed by atoms with van der Waals surface area (Å²) in [4.78, 5) is 11.8. The number of nitrogens with zero attached hydrogens (tertiary/aromatic N) is 1. The van der Waals surface area contributed by atoms with E-state index in [0.29, 0.717) is 6.54 Å². The minimum absolute atomic E-state index is 0.0266. The van der Waals surface area contributed by atoms with Crippen LogP contribution in [-0.2, 0) is 4.79 Å². The average molecular weight is 179 g/mol. The molecule has 0 spiro atoms. The molecule has 0 aromatic rings. The first-order valence-electron chi connectivity index (χ1n) is 3.72. The number of hydrogen-bond donors (Lipinski definition) is 1. The largest absolute Gasteiger partial charge is 0.481 e. The Labute approximate surface area is 69.0 Å². The summed E-state index contributed by atoms with van der Waals surface area (Å²) in [5.74, 6) is -5.99. The molecule has 1 fully saturated rings. The van der Waals surface area contributed by atoms with Crippen molar-refractivity contribution in [2.75, 3.05) is 20.1 Å². The van der Waals surface area contributed by atoms with E-state index in [0.717, 1.165) is 0 Å². The summed E-state index contributed by atoms with van der Waals surface area (Å²) >= 11 is 0. The first kappa shape index (κ1) is 9.38. The molecule has 0 unspecified atom stereocenters. The molecule has 3 nitrogen and oxygen atoms in total. The van der Waals surface area contributed by atoms with Crippen molar-refractivity contribution >= 4 is 5.97 Å². The van der Waals surface area contributed by atoms with Crippen LogP contribution in [0.25, 0.3) is 0 Å². The molecule has 12 heavy (non-hydrogen) atoms. The van der Waals surface area contributed by atoms with Crippen LogP contribution in [0.15, 0.2) is 0 Å². The van der Waals surface area contributed by atoms with E-state index in [1.54, 1.807) is 7.05 Å². The molecule has 0 aromatic carbocycles. The molecule has 0 saturated carbocycles. The van der Waals surface area contributed by atoms with Crippen molar-refractivity contribution in [1.82, 2.24) is 4.90 Å². The number of alkyl halides is 2. The Balaban J connectivity index is 2.70. The smallest absolute Gasteiger partial charge is 0.312 e. The van der Waals surface area contributed by atoms with Gasteiger partial charge in [0.25, 0.3) is 5.92 Å². The van der Waals surface area contributed by atoms with E-state index in [9.17, 15) is 13.6 Å². The van der Waals surface area contributed by atoms with Gasteiger partial charge in [0, 0.05) is 0 Å². The standard InChI is InChI=1S/C7H11F2NO2/c1-10-3-2-5(6(11)12)7(8,9)4-10/h5H,2-4H2,1H3,(H,11,12)/t5-/m1/s1. The predicted molar refractivity (Wildman–Crippen MR) is 38.2 cm³/mol. The molecule has 0 amide bonds. The highest BCUT2D eigenvalue weighted by atomic mass is 19.3. The van der Waals surface area contributed by atoms with E-state index in [1.165, 1.54) is 4.90 Å². The molecule has 1 aliphatic heterocycles. The lowest BCUT2D eigenvalue weighted by molar-refractivity contribution is -0.165. The third kappa shape index (κ3) is 1.72. The van der Waals surface area contributed by atoms with E-state index in [1.807, 2.05) is 0 Å². The van der Waals surface area contributed by atoms with Crippen LogP contribution in [0, 0.1) is 5.92 Å². The van der Waals surface area contributed by atoms with Crippen LogP contribution in [0.5, 0.6) is 0 Å². The lowest BCUT2D eigenvalue weighted by atomic mass is 9.93. The Bertz CT molecular complexity index is 196. The summed E-state index contributed by atoms with van der Waals surface area (Å²) in [6, 6.07) is 0. The maximum absolute atomic E-state index is 12.9. The number of piperidine rings is 1. The second-order valence-corrected chi connectivity index (χ2v) is 3.18. The van der Waals surface area contributed by atoms with Gasteiger partial charge < -0.3 is 10.0 Å². The molecule has 0 aromatic heterocycles. The maximum atomic E-state index is 12.9. The molecule has 0 aliphatic carbocycles. The van der Waals surface area contributed by atoms with Crippen molar-refractivity contribution in [3.8, 4) is 0 Å². The Morgan fingerprint density at radius 1 is 1.67 bits per heavy atom. The minimum Gasteiger partial charge on any atom is -0.481 e. The molecule has 1 heterocycles. The number of carbonyl (C=O) groups is 1. The molecule has 1 atom stereocenters. The van der Waals surface area contributed by atoms with E-state index < -0.39 is 24.4 Å². The van der Waals surface area contributed by atoms with Gasteiger partial charge in [0.1, 0.15) is 5.92 Å². The Morgan fingerprint density at radius 2 is 2.25 bits per heavy atom. The summed E-state index contributed by atoms with van der Waals surface area (Å²) in [6.45, 7) is -0.0312. The zero-order chi connectivity index (χ0) is 9.35. The van der Waals surface area contributed by atoms with Gasteiger partial charge in [0.15, 0.2) is 0 Å². The fourth-order valence-corrected chi connectivity index (χ4v) is 1.41. The zero-order valence-corrected chi connectivity index (χ0v) is 6.76. The van der Waals surface area contributed by atoms with Gasteiger partial charge >= 0.3 is 5.97 Å². The normalized spacial score (nSPS) is 30.1. The topological polar surface area (TPSA) is 40.5 Å². The van der Waals surface area contributed by atoms with Gasteiger partial charge in [-0.25, -0.2) is 8.78 Å². The number of halogens is 2. The Kier molecular flexibility index (Phi) is 2.32. The third-order valence-electron chi connectivity index (χ3n) is 2.09. The van der Waals surface area contributed by atoms with Crippen molar-refractivity contribution in [1.29, 1.82) is 0 Å². The summed E-state index contributed by atoms with van der Waals surface area (Å²) in [5, 5.41) is 8.46. The summed E-state index contributed by atoms with van der Waals surface area (Å²) in [7, 11) is 1.56. The van der Waals surface area contributed by atoms with Gasteiger partial charge in [-0.2, -0.15) is 0 Å². The third-order valence-corrected chi connectivity index (χ3v) is 2.09. The number of hydrogen-bond acceptors (Lipinski definition) is 2. The number of carboxylic acid groups (broad SMARTS) is 1. The highest BCUT2D eigenvalue weighted by Crippen LogP contribution is 2.32. The van der Waals surface area contributed by atoms with E-state index in [-0.39, 0.29) is 6.42 Å². The van der Waals surface area contributed by atoms with Gasteiger partial charge in [-0.1, -0.05) is 0 Å². The van der Waals surface area contributed by atoms with Crippen molar-refractivity contribution in [3.63, 3.8) is 0 Å². The quantitative estimate of drug-likeness (QED) is 0.642. The molecule has 1 aliphatic rings. The summed E-state index contributed by atoms with van der Waals surface area (Å²) in [5.41, 5.74) is 0. The monoisotopic (exact) mass is 179 g/mol. The summed E-state index contributed by atoms with van der Waals surface area (Å²) < 4.78 is 25.9. The van der Waals surface area contributed by atoms with Crippen molar-refractivity contribution in [3.05, 3.63) is 0 Å². The fraction of sp³-hybridized carbons (Fsp3) is 0.857. The molecule has 5 heteroatoms. The minimum atomic E-state index is -3.08. The number of likely N-dealkylation sites (tertiary alicyclic amines) is 1. The van der Waals surface area contributed by atoms with Crippen molar-refractivity contribution in [2.24, 2.45) is 5.92 Å². The van der Waals surface area contributed by atoms with E-state index in [4.69, 9.17) is 5.11 Å². The molecule has 1 N–H and O–H groups in total. The average Bonchev–Trinajstić information content (AvgIpc) is 1.82. The van der Waals surface area contributed by atoms with E-state index >= 15 is 0 Å². The van der Waals surface area contributed by atoms with Crippen LogP contribution < -0.4 is 0 Å². The van der Waals surface area contributed by atoms with Crippen LogP contribution in [-0.4, -0.2) is 42.0 Å². The number of rotatable bonds is 1. The molecule has 0 radical (unpaired) electrons. The second kappa shape index (κ2) is 2.97. The highest BCUT2D eigenvalue weighted by molar-refractivity contribution is 5.71. The van der Waals surface area contributed by atoms with Crippen LogP contribution in [0.3, 0.4) is 0 Å². The number of aliphatic carboxylic acids is 1. The molecule has 1 rings (SSSR count). The lowest BCUT2D eigenvalue weighted by Crippen LogP contribution is -2.49.